The molecule has 0 spiro atoms. The van der Waals surface area contributed by atoms with E-state index in [2.05, 4.69) is 24.0 Å². The molecule has 0 aromatic heterocycles. The fraction of sp³-hybridized carbons (Fsp3) is 0.278. The molecule has 2 aromatic rings. The number of hydrogen-bond acceptors (Lipinski definition) is 2. The highest BCUT2D eigenvalue weighted by molar-refractivity contribution is 5.81. The molecule has 0 bridgehead atoms. The molecule has 0 saturated heterocycles. The van der Waals surface area contributed by atoms with E-state index in [0.29, 0.717) is 6.54 Å². The van der Waals surface area contributed by atoms with E-state index >= 15 is 0 Å². The predicted molar refractivity (Wildman–Crippen MR) is 87.3 cm³/mol. The van der Waals surface area contributed by atoms with Crippen LogP contribution in [0.5, 0.6) is 0 Å². The first-order valence-electron chi connectivity index (χ1n) is 7.16. The smallest absolute Gasteiger partial charge is 0.241 e. The van der Waals surface area contributed by atoms with E-state index in [9.17, 15) is 4.79 Å². The van der Waals surface area contributed by atoms with Crippen LogP contribution in [0, 0.1) is 0 Å². The molecule has 0 radical (unpaired) electrons. The van der Waals surface area contributed by atoms with Crippen molar-refractivity contribution in [2.45, 2.75) is 13.0 Å². The fourth-order valence-electron chi connectivity index (χ4n) is 2.27. The van der Waals surface area contributed by atoms with E-state index < -0.39 is 0 Å². The highest BCUT2D eigenvalue weighted by Gasteiger charge is 2.19. The molecule has 0 N–H and O–H groups in total. The van der Waals surface area contributed by atoms with E-state index in [0.717, 1.165) is 5.69 Å². The van der Waals surface area contributed by atoms with Crippen molar-refractivity contribution >= 4 is 11.6 Å². The molecular weight excluding hydrogens is 260 g/mol. The SMILES string of the molecule is C[C@@H](c1ccccc1)N(CC(=O)N(C)C)c1ccccc1. The Bertz CT molecular complexity index is 566. The largest absolute Gasteiger partial charge is 0.355 e. The molecule has 2 aromatic carbocycles. The number of nitrogens with zero attached hydrogens (tertiary/aromatic N) is 2. The first kappa shape index (κ1) is 15.1. The van der Waals surface area contributed by atoms with Crippen LogP contribution >= 0.6 is 0 Å². The third kappa shape index (κ3) is 3.85. The van der Waals surface area contributed by atoms with Crippen molar-refractivity contribution in [1.29, 1.82) is 0 Å². The predicted octanol–water partition coefficient (Wildman–Crippen LogP) is 3.34. The summed E-state index contributed by atoms with van der Waals surface area (Å²) in [5.74, 6) is 0.0987. The van der Waals surface area contributed by atoms with Crippen molar-refractivity contribution in [3.05, 3.63) is 66.2 Å². The van der Waals surface area contributed by atoms with Crippen LogP contribution in [-0.4, -0.2) is 31.4 Å². The van der Waals surface area contributed by atoms with Gasteiger partial charge in [0.25, 0.3) is 0 Å². The normalized spacial score (nSPS) is 11.8. The van der Waals surface area contributed by atoms with E-state index in [4.69, 9.17) is 0 Å². The van der Waals surface area contributed by atoms with Gasteiger partial charge in [-0.2, -0.15) is 0 Å². The van der Waals surface area contributed by atoms with Crippen molar-refractivity contribution in [2.75, 3.05) is 25.5 Å². The Kier molecular flexibility index (Phi) is 4.99. The molecule has 0 saturated carbocycles. The number of likely N-dealkylation sites (N-methyl/N-ethyl adjacent to an activating group) is 1. The number of amides is 1. The van der Waals surface area contributed by atoms with Crippen LogP contribution in [0.4, 0.5) is 5.69 Å². The first-order chi connectivity index (χ1) is 10.1. The van der Waals surface area contributed by atoms with Crippen molar-refractivity contribution < 1.29 is 4.79 Å². The number of rotatable bonds is 5. The number of anilines is 1. The van der Waals surface area contributed by atoms with Crippen LogP contribution in [0.25, 0.3) is 0 Å². The van der Waals surface area contributed by atoms with Crippen LogP contribution in [0.3, 0.4) is 0 Å². The van der Waals surface area contributed by atoms with Crippen LogP contribution in [-0.2, 0) is 4.79 Å². The Morgan fingerprint density at radius 1 is 0.952 bits per heavy atom. The van der Waals surface area contributed by atoms with Crippen LogP contribution < -0.4 is 4.90 Å². The molecule has 2 rings (SSSR count). The summed E-state index contributed by atoms with van der Waals surface area (Å²) in [5, 5.41) is 0. The van der Waals surface area contributed by atoms with Gasteiger partial charge in [-0.15, -0.1) is 0 Å². The van der Waals surface area contributed by atoms with Gasteiger partial charge in [-0.25, -0.2) is 0 Å². The molecule has 0 fully saturated rings. The van der Waals surface area contributed by atoms with Crippen molar-refractivity contribution in [1.82, 2.24) is 4.90 Å². The number of carbonyl (C=O) groups is 1. The molecule has 0 aliphatic rings. The average Bonchev–Trinajstić information content (AvgIpc) is 2.53. The van der Waals surface area contributed by atoms with Gasteiger partial charge in [0, 0.05) is 19.8 Å². The van der Waals surface area contributed by atoms with E-state index in [-0.39, 0.29) is 11.9 Å². The highest BCUT2D eigenvalue weighted by atomic mass is 16.2. The summed E-state index contributed by atoms with van der Waals surface area (Å²) >= 11 is 0. The second-order valence-electron chi connectivity index (χ2n) is 5.34. The number of benzene rings is 2. The maximum Gasteiger partial charge on any atom is 0.241 e. The van der Waals surface area contributed by atoms with Gasteiger partial charge in [-0.1, -0.05) is 48.5 Å². The summed E-state index contributed by atoms with van der Waals surface area (Å²) in [6.45, 7) is 2.50. The summed E-state index contributed by atoms with van der Waals surface area (Å²) in [7, 11) is 3.58. The second-order valence-corrected chi connectivity index (χ2v) is 5.34. The lowest BCUT2D eigenvalue weighted by atomic mass is 10.1. The Hall–Kier alpha value is -2.29. The van der Waals surface area contributed by atoms with Gasteiger partial charge < -0.3 is 9.80 Å². The Balaban J connectivity index is 2.30. The van der Waals surface area contributed by atoms with Gasteiger partial charge >= 0.3 is 0 Å². The minimum Gasteiger partial charge on any atom is -0.355 e. The van der Waals surface area contributed by atoms with Gasteiger partial charge in [0.1, 0.15) is 0 Å². The second kappa shape index (κ2) is 6.93. The molecule has 110 valence electrons. The third-order valence-electron chi connectivity index (χ3n) is 3.64. The van der Waals surface area contributed by atoms with Gasteiger partial charge in [0.05, 0.1) is 12.6 Å². The van der Waals surface area contributed by atoms with Gasteiger partial charge in [0.15, 0.2) is 0 Å². The zero-order valence-electron chi connectivity index (χ0n) is 12.9. The fourth-order valence-corrected chi connectivity index (χ4v) is 2.27. The van der Waals surface area contributed by atoms with E-state index in [1.807, 2.05) is 48.5 Å². The molecule has 1 amide bonds. The summed E-state index contributed by atoms with van der Waals surface area (Å²) in [5.41, 5.74) is 2.26. The molecule has 0 aliphatic heterocycles. The molecule has 21 heavy (non-hydrogen) atoms. The molecule has 0 heterocycles. The van der Waals surface area contributed by atoms with Crippen molar-refractivity contribution in [3.8, 4) is 0 Å². The Labute approximate surface area is 126 Å². The first-order valence-corrected chi connectivity index (χ1v) is 7.16. The number of para-hydroxylation sites is 1. The van der Waals surface area contributed by atoms with Crippen LogP contribution in [0.2, 0.25) is 0 Å². The number of carbonyl (C=O) groups excluding carboxylic acids is 1. The molecule has 0 unspecified atom stereocenters. The molecule has 0 aliphatic carbocycles. The summed E-state index contributed by atoms with van der Waals surface area (Å²) in [4.78, 5) is 15.9. The standard InChI is InChI=1S/C18H22N2O/c1-15(16-10-6-4-7-11-16)20(14-18(21)19(2)3)17-12-8-5-9-13-17/h4-13,15H,14H2,1-3H3/t15-/m0/s1. The lowest BCUT2D eigenvalue weighted by Crippen LogP contribution is -2.38. The Morgan fingerprint density at radius 3 is 2.00 bits per heavy atom. The van der Waals surface area contributed by atoms with Gasteiger partial charge in [-0.3, -0.25) is 4.79 Å². The quantitative estimate of drug-likeness (QED) is 0.839. The van der Waals surface area contributed by atoms with Crippen LogP contribution in [0.15, 0.2) is 60.7 Å². The van der Waals surface area contributed by atoms with Crippen molar-refractivity contribution in [2.24, 2.45) is 0 Å². The average molecular weight is 282 g/mol. The maximum atomic E-state index is 12.1. The van der Waals surface area contributed by atoms with Gasteiger partial charge in [-0.05, 0) is 24.6 Å². The van der Waals surface area contributed by atoms with Crippen LogP contribution in [0.1, 0.15) is 18.5 Å². The lowest BCUT2D eigenvalue weighted by molar-refractivity contribution is -0.127. The molecule has 1 atom stereocenters. The summed E-state index contributed by atoms with van der Waals surface area (Å²) in [6.07, 6.45) is 0. The monoisotopic (exact) mass is 282 g/mol. The topological polar surface area (TPSA) is 23.6 Å². The minimum atomic E-state index is 0.0987. The molecular formula is C18H22N2O. The maximum absolute atomic E-state index is 12.1. The zero-order valence-corrected chi connectivity index (χ0v) is 12.9. The van der Waals surface area contributed by atoms with E-state index in [1.165, 1.54) is 5.56 Å². The highest BCUT2D eigenvalue weighted by Crippen LogP contribution is 2.26. The molecule has 3 heteroatoms. The molecule has 3 nitrogen and oxygen atoms in total. The number of hydrogen-bond donors (Lipinski definition) is 0. The van der Waals surface area contributed by atoms with Gasteiger partial charge in [0.2, 0.25) is 5.91 Å². The van der Waals surface area contributed by atoms with Crippen molar-refractivity contribution in [3.63, 3.8) is 0 Å². The Morgan fingerprint density at radius 2 is 1.48 bits per heavy atom. The van der Waals surface area contributed by atoms with E-state index in [1.54, 1.807) is 19.0 Å². The summed E-state index contributed by atoms with van der Waals surface area (Å²) in [6, 6.07) is 20.5. The zero-order chi connectivity index (χ0) is 15.2. The minimum absolute atomic E-state index is 0.0987. The lowest BCUT2D eigenvalue weighted by Gasteiger charge is -2.32. The third-order valence-corrected chi connectivity index (χ3v) is 3.64. The summed E-state index contributed by atoms with van der Waals surface area (Å²) < 4.78 is 0.